The van der Waals surface area contributed by atoms with E-state index in [4.69, 9.17) is 4.74 Å². The normalized spacial score (nSPS) is 10.6. The van der Waals surface area contributed by atoms with Crippen molar-refractivity contribution in [3.05, 3.63) is 77.5 Å². The highest BCUT2D eigenvalue weighted by molar-refractivity contribution is 6.02. The number of ether oxygens (including phenoxy) is 1. The maximum absolute atomic E-state index is 12.3. The van der Waals surface area contributed by atoms with Gasteiger partial charge in [0, 0.05) is 12.2 Å². The standard InChI is InChI=1S/C22H24N4O2/c1-15(2)28-19-9-7-18(8-10-19)24-22(27)20-11-12-21(26-25-20)23-14-17-6-4-5-16(3)13-17/h4-13,15H,14H2,1-3H3,(H,23,26)(H,24,27). The van der Waals surface area contributed by atoms with E-state index in [2.05, 4.69) is 39.9 Å². The van der Waals surface area contributed by atoms with E-state index in [0.29, 0.717) is 18.1 Å². The topological polar surface area (TPSA) is 76.1 Å². The van der Waals surface area contributed by atoms with Gasteiger partial charge in [-0.2, -0.15) is 0 Å². The van der Waals surface area contributed by atoms with Crippen molar-refractivity contribution >= 4 is 17.4 Å². The van der Waals surface area contributed by atoms with E-state index in [9.17, 15) is 4.79 Å². The average Bonchev–Trinajstić information content (AvgIpc) is 2.68. The fourth-order valence-corrected chi connectivity index (χ4v) is 2.65. The van der Waals surface area contributed by atoms with Crippen LogP contribution in [0.1, 0.15) is 35.5 Å². The van der Waals surface area contributed by atoms with Crippen LogP contribution in [0.25, 0.3) is 0 Å². The molecular formula is C22H24N4O2. The van der Waals surface area contributed by atoms with Gasteiger partial charge in [0.15, 0.2) is 5.69 Å². The van der Waals surface area contributed by atoms with Gasteiger partial charge in [-0.3, -0.25) is 4.79 Å². The SMILES string of the molecule is Cc1cccc(CNc2ccc(C(=O)Nc3ccc(OC(C)C)cc3)nn2)c1. The summed E-state index contributed by atoms with van der Waals surface area (Å²) in [5, 5.41) is 14.1. The first kappa shape index (κ1) is 19.4. The number of benzene rings is 2. The number of carbonyl (C=O) groups excluding carboxylic acids is 1. The Kier molecular flexibility index (Phi) is 6.22. The summed E-state index contributed by atoms with van der Waals surface area (Å²) >= 11 is 0. The molecule has 0 atom stereocenters. The van der Waals surface area contributed by atoms with E-state index in [1.807, 2.05) is 38.1 Å². The van der Waals surface area contributed by atoms with Gasteiger partial charge in [0.2, 0.25) is 0 Å². The Morgan fingerprint density at radius 3 is 2.46 bits per heavy atom. The molecule has 6 nitrogen and oxygen atoms in total. The van der Waals surface area contributed by atoms with Gasteiger partial charge in [0.1, 0.15) is 11.6 Å². The van der Waals surface area contributed by atoms with Crippen molar-refractivity contribution in [1.82, 2.24) is 10.2 Å². The maximum atomic E-state index is 12.3. The summed E-state index contributed by atoms with van der Waals surface area (Å²) < 4.78 is 5.59. The Balaban J connectivity index is 1.56. The lowest BCUT2D eigenvalue weighted by atomic mass is 10.1. The van der Waals surface area contributed by atoms with Gasteiger partial charge in [-0.05, 0) is 62.7 Å². The molecular weight excluding hydrogens is 352 g/mol. The lowest BCUT2D eigenvalue weighted by Gasteiger charge is -2.10. The first-order valence-corrected chi connectivity index (χ1v) is 9.21. The first-order chi connectivity index (χ1) is 13.5. The monoisotopic (exact) mass is 376 g/mol. The Morgan fingerprint density at radius 1 is 1.04 bits per heavy atom. The molecule has 0 aliphatic carbocycles. The molecule has 1 aromatic heterocycles. The number of hydrogen-bond acceptors (Lipinski definition) is 5. The molecule has 1 amide bonds. The van der Waals surface area contributed by atoms with Crippen LogP contribution in [0.3, 0.4) is 0 Å². The summed E-state index contributed by atoms with van der Waals surface area (Å²) in [6, 6.07) is 18.9. The largest absolute Gasteiger partial charge is 0.491 e. The van der Waals surface area contributed by atoms with Crippen molar-refractivity contribution in [1.29, 1.82) is 0 Å². The Morgan fingerprint density at radius 2 is 1.82 bits per heavy atom. The van der Waals surface area contributed by atoms with Crippen molar-refractivity contribution in [3.63, 3.8) is 0 Å². The predicted octanol–water partition coefficient (Wildman–Crippen LogP) is 4.44. The number of rotatable bonds is 7. The molecule has 2 N–H and O–H groups in total. The molecule has 1 heterocycles. The molecule has 0 aliphatic heterocycles. The fraction of sp³-hybridized carbons (Fsp3) is 0.227. The smallest absolute Gasteiger partial charge is 0.276 e. The van der Waals surface area contributed by atoms with Crippen molar-refractivity contribution in [2.45, 2.75) is 33.4 Å². The summed E-state index contributed by atoms with van der Waals surface area (Å²) in [5.74, 6) is 1.07. The molecule has 6 heteroatoms. The van der Waals surface area contributed by atoms with Gasteiger partial charge in [-0.25, -0.2) is 0 Å². The van der Waals surface area contributed by atoms with Crippen LogP contribution in [0.5, 0.6) is 5.75 Å². The minimum absolute atomic E-state index is 0.105. The molecule has 0 bridgehead atoms. The Bertz CT molecular complexity index is 922. The van der Waals surface area contributed by atoms with Crippen molar-refractivity contribution in [2.75, 3.05) is 10.6 Å². The number of aryl methyl sites for hydroxylation is 1. The third-order valence-corrected chi connectivity index (χ3v) is 3.94. The zero-order valence-electron chi connectivity index (χ0n) is 16.3. The number of nitrogens with one attached hydrogen (secondary N) is 2. The zero-order chi connectivity index (χ0) is 19.9. The van der Waals surface area contributed by atoms with E-state index in [1.165, 1.54) is 5.56 Å². The molecule has 144 valence electrons. The van der Waals surface area contributed by atoms with Crippen LogP contribution >= 0.6 is 0 Å². The Hall–Kier alpha value is -3.41. The molecule has 0 radical (unpaired) electrons. The third-order valence-electron chi connectivity index (χ3n) is 3.94. The summed E-state index contributed by atoms with van der Waals surface area (Å²) in [5.41, 5.74) is 3.29. The van der Waals surface area contributed by atoms with E-state index in [1.54, 1.807) is 24.3 Å². The van der Waals surface area contributed by atoms with Crippen LogP contribution in [-0.2, 0) is 6.54 Å². The van der Waals surface area contributed by atoms with Crippen molar-refractivity contribution in [3.8, 4) is 5.75 Å². The van der Waals surface area contributed by atoms with Crippen LogP contribution < -0.4 is 15.4 Å². The molecule has 3 rings (SSSR count). The minimum atomic E-state index is -0.310. The number of hydrogen-bond donors (Lipinski definition) is 2. The second-order valence-electron chi connectivity index (χ2n) is 6.79. The molecule has 0 unspecified atom stereocenters. The second-order valence-corrected chi connectivity index (χ2v) is 6.79. The average molecular weight is 376 g/mol. The zero-order valence-corrected chi connectivity index (χ0v) is 16.3. The van der Waals surface area contributed by atoms with Gasteiger partial charge >= 0.3 is 0 Å². The van der Waals surface area contributed by atoms with Gasteiger partial charge in [-0.1, -0.05) is 29.8 Å². The number of carbonyl (C=O) groups is 1. The van der Waals surface area contributed by atoms with Crippen LogP contribution in [0.2, 0.25) is 0 Å². The van der Waals surface area contributed by atoms with Crippen LogP contribution in [0, 0.1) is 6.92 Å². The maximum Gasteiger partial charge on any atom is 0.276 e. The van der Waals surface area contributed by atoms with Gasteiger partial charge < -0.3 is 15.4 Å². The first-order valence-electron chi connectivity index (χ1n) is 9.21. The summed E-state index contributed by atoms with van der Waals surface area (Å²) in [7, 11) is 0. The number of anilines is 2. The highest BCUT2D eigenvalue weighted by Crippen LogP contribution is 2.17. The number of aromatic nitrogens is 2. The molecule has 28 heavy (non-hydrogen) atoms. The van der Waals surface area contributed by atoms with E-state index in [-0.39, 0.29) is 17.7 Å². The fourth-order valence-electron chi connectivity index (χ4n) is 2.65. The number of amides is 1. The molecule has 0 fully saturated rings. The summed E-state index contributed by atoms with van der Waals surface area (Å²) in [4.78, 5) is 12.3. The highest BCUT2D eigenvalue weighted by atomic mass is 16.5. The van der Waals surface area contributed by atoms with Crippen molar-refractivity contribution in [2.24, 2.45) is 0 Å². The lowest BCUT2D eigenvalue weighted by Crippen LogP contribution is -2.15. The lowest BCUT2D eigenvalue weighted by molar-refractivity contribution is 0.102. The van der Waals surface area contributed by atoms with Gasteiger partial charge in [0.25, 0.3) is 5.91 Å². The van der Waals surface area contributed by atoms with E-state index >= 15 is 0 Å². The number of nitrogens with zero attached hydrogens (tertiary/aromatic N) is 2. The van der Waals surface area contributed by atoms with E-state index in [0.717, 1.165) is 11.3 Å². The minimum Gasteiger partial charge on any atom is -0.491 e. The summed E-state index contributed by atoms with van der Waals surface area (Å²) in [6.07, 6.45) is 0.105. The summed E-state index contributed by atoms with van der Waals surface area (Å²) in [6.45, 7) is 6.63. The Labute approximate surface area is 165 Å². The quantitative estimate of drug-likeness (QED) is 0.638. The predicted molar refractivity (Wildman–Crippen MR) is 111 cm³/mol. The van der Waals surface area contributed by atoms with Crippen molar-refractivity contribution < 1.29 is 9.53 Å². The van der Waals surface area contributed by atoms with Crippen LogP contribution in [-0.4, -0.2) is 22.2 Å². The molecule has 2 aromatic carbocycles. The molecule has 0 saturated carbocycles. The van der Waals surface area contributed by atoms with Crippen LogP contribution in [0.15, 0.2) is 60.7 Å². The highest BCUT2D eigenvalue weighted by Gasteiger charge is 2.09. The van der Waals surface area contributed by atoms with Crippen LogP contribution in [0.4, 0.5) is 11.5 Å². The third kappa shape index (κ3) is 5.54. The molecule has 0 spiro atoms. The van der Waals surface area contributed by atoms with E-state index < -0.39 is 0 Å². The second kappa shape index (κ2) is 8.99. The molecule has 0 saturated heterocycles. The van der Waals surface area contributed by atoms with Gasteiger partial charge in [-0.15, -0.1) is 10.2 Å². The molecule has 0 aliphatic rings. The molecule has 3 aromatic rings. The van der Waals surface area contributed by atoms with Gasteiger partial charge in [0.05, 0.1) is 6.10 Å².